The van der Waals surface area contributed by atoms with Gasteiger partial charge in [0.25, 0.3) is 0 Å². The van der Waals surface area contributed by atoms with Crippen LogP contribution in [0.3, 0.4) is 0 Å². The minimum absolute atomic E-state index is 0. The zero-order chi connectivity index (χ0) is 9.00. The quantitative estimate of drug-likeness (QED) is 0.110. The molecule has 1 radical (unpaired) electrons. The van der Waals surface area contributed by atoms with Crippen molar-refractivity contribution in [3.63, 3.8) is 0 Å². The molecule has 0 bridgehead atoms. The van der Waals surface area contributed by atoms with Gasteiger partial charge in [-0.3, -0.25) is 16.8 Å². The summed E-state index contributed by atoms with van der Waals surface area (Å²) in [5, 5.41) is 0. The van der Waals surface area contributed by atoms with E-state index in [2.05, 4.69) is 0 Å². The van der Waals surface area contributed by atoms with Gasteiger partial charge in [-0.25, -0.2) is 0 Å². The van der Waals surface area contributed by atoms with E-state index in [1.54, 1.807) is 0 Å². The summed E-state index contributed by atoms with van der Waals surface area (Å²) < 4.78 is 68.2. The molecule has 0 atom stereocenters. The molecule has 0 aliphatic heterocycles. The molecule has 0 amide bonds. The van der Waals surface area contributed by atoms with Crippen molar-refractivity contribution in [2.24, 2.45) is 0 Å². The maximum absolute atomic E-state index is 8.52. The van der Waals surface area contributed by atoms with Crippen molar-refractivity contribution in [2.75, 3.05) is 0 Å². The summed E-state index contributed by atoms with van der Waals surface area (Å²) in [6, 6.07) is 0. The Bertz CT molecular complexity index is 218. The van der Waals surface area contributed by atoms with Gasteiger partial charge in [0.15, 0.2) is 0 Å². The molecule has 0 aliphatic rings. The standard InChI is InChI=1S/Cs.Fe.2H2O4S.12H2O/c;;2*1-5(2,3)4;;;;;;;;;;;;/h;;2*(H2,1,2,3,4);12*1H2/q+1;+3;;;;;;;;;;;;;;/p+2. The largest absolute Gasteiger partial charge is 3.00 e. The third-order valence-corrected chi connectivity index (χ3v) is 0. The van der Waals surface area contributed by atoms with Crippen molar-refractivity contribution >= 4 is 20.8 Å². The average Bonchev–Trinajstić information content (AvgIpc) is 1.12. The first-order chi connectivity index (χ1) is 4.00. The van der Waals surface area contributed by atoms with Crippen molar-refractivity contribution in [2.45, 2.75) is 0 Å². The summed E-state index contributed by atoms with van der Waals surface area (Å²) in [5.41, 5.74) is 0. The minimum Gasteiger partial charge on any atom is -0.759 e. The monoisotopic (exact) mass is 603 g/mol. The van der Waals surface area contributed by atoms with Crippen molar-refractivity contribution in [1.82, 2.24) is 0 Å². The maximum atomic E-state index is 8.52. The summed E-state index contributed by atoms with van der Waals surface area (Å²) in [4.78, 5) is 0. The second kappa shape index (κ2) is 73.7. The van der Waals surface area contributed by atoms with E-state index in [1.165, 1.54) is 0 Å². The molecular weight excluding hydrogens is 573 g/mol. The van der Waals surface area contributed by atoms with Gasteiger partial charge in [-0.1, -0.05) is 0 Å². The molecule has 0 rings (SSSR count). The summed E-state index contributed by atoms with van der Waals surface area (Å²) in [6.45, 7) is 0. The zero-order valence-electron chi connectivity index (χ0n) is 11.9. The smallest absolute Gasteiger partial charge is 0.759 e. The summed E-state index contributed by atoms with van der Waals surface area (Å²) >= 11 is 0. The van der Waals surface area contributed by atoms with Crippen LogP contribution in [0.4, 0.5) is 0 Å². The molecule has 0 aromatic rings. The van der Waals surface area contributed by atoms with Gasteiger partial charge in [-0.05, 0) is 0 Å². The third-order valence-electron chi connectivity index (χ3n) is 0. The summed E-state index contributed by atoms with van der Waals surface area (Å²) in [5.74, 6) is 0. The minimum atomic E-state index is -5.17. The Hall–Kier alpha value is 1.83. The Morgan fingerprint density at radius 2 is 0.417 bits per heavy atom. The Kier molecular flexibility index (Phi) is 506. The first-order valence-electron chi connectivity index (χ1n) is 1.33. The fraction of sp³-hybridized carbons (Fsp3) is 0. The second-order valence-electron chi connectivity index (χ2n) is 0.816. The zero-order valence-corrected chi connectivity index (χ0v) is 20.9. The molecule has 30 N–H and O–H groups in total. The molecule has 24 heteroatoms. The summed E-state index contributed by atoms with van der Waals surface area (Å²) in [6.07, 6.45) is 0. The molecule has 0 heterocycles. The van der Waals surface area contributed by atoms with Gasteiger partial charge in [0, 0.05) is 20.8 Å². The molecule has 0 unspecified atom stereocenters. The van der Waals surface area contributed by atoms with E-state index in [9.17, 15) is 0 Å². The number of hydrogen-bond acceptors (Lipinski definition) is 8. The second-order valence-corrected chi connectivity index (χ2v) is 2.45. The maximum Gasteiger partial charge on any atom is 3.00 e. The molecule has 0 spiro atoms. The fourth-order valence-electron chi connectivity index (χ4n) is 0. The molecule has 0 aliphatic carbocycles. The predicted molar refractivity (Wildman–Crippen MR) is 71.9 cm³/mol. The van der Waals surface area contributed by atoms with Crippen molar-refractivity contribution < 1.29 is 187 Å². The van der Waals surface area contributed by atoms with Crippen LogP contribution in [0.15, 0.2) is 0 Å². The van der Waals surface area contributed by atoms with Crippen LogP contribution in [0.5, 0.6) is 0 Å². The van der Waals surface area contributed by atoms with Gasteiger partial charge in [-0.2, -0.15) is 0 Å². The molecule has 0 aromatic carbocycles. The van der Waals surface area contributed by atoms with Gasteiger partial charge in [0.05, 0.1) is 0 Å². The SMILES string of the molecule is O.O.O.O.O.O.O=S(=O)([O-])[O-].O=S(=O)([O-])[O-].[Cs+].[Fe+3].[OH3+].[OH3+].[OH3+].[OH3+].[OH3+].[OH3+]. The van der Waals surface area contributed by atoms with Gasteiger partial charge in [-0.15, -0.1) is 0 Å². The van der Waals surface area contributed by atoms with Gasteiger partial charge in [0.2, 0.25) is 0 Å². The molecule has 165 valence electrons. The Morgan fingerprint density at radius 3 is 0.417 bits per heavy atom. The van der Waals surface area contributed by atoms with E-state index in [0.29, 0.717) is 0 Å². The van der Waals surface area contributed by atoms with Crippen LogP contribution in [0.25, 0.3) is 0 Å². The number of rotatable bonds is 0. The topological polar surface area (TPSA) is 548 Å². The van der Waals surface area contributed by atoms with Crippen molar-refractivity contribution in [3.8, 4) is 0 Å². The number of hydrogen-bond donors (Lipinski definition) is 0. The molecule has 0 aromatic heterocycles. The Labute approximate surface area is 204 Å². The van der Waals surface area contributed by atoms with Crippen LogP contribution in [-0.4, -0.2) is 67.9 Å². The molecule has 20 nitrogen and oxygen atoms in total. The van der Waals surface area contributed by atoms with Gasteiger partial charge in [0.1, 0.15) is 0 Å². The van der Waals surface area contributed by atoms with Gasteiger partial charge >= 0.3 is 86.0 Å². The van der Waals surface area contributed by atoms with Crippen LogP contribution in [0.1, 0.15) is 0 Å². The predicted octanol–water partition coefficient (Wildman–Crippen LogP) is -16.2. The van der Waals surface area contributed by atoms with Crippen molar-refractivity contribution in [3.05, 3.63) is 0 Å². The molecule has 0 fully saturated rings. The fourth-order valence-corrected chi connectivity index (χ4v) is 0. The van der Waals surface area contributed by atoms with Crippen molar-refractivity contribution in [1.29, 1.82) is 0 Å². The molecule has 24 heavy (non-hydrogen) atoms. The van der Waals surface area contributed by atoms with Crippen LogP contribution >= 0.6 is 0 Å². The van der Waals surface area contributed by atoms with E-state index in [4.69, 9.17) is 35.0 Å². The molecule has 0 saturated heterocycles. The van der Waals surface area contributed by atoms with Crippen LogP contribution in [0, 0.1) is 0 Å². The summed E-state index contributed by atoms with van der Waals surface area (Å²) in [7, 11) is -10.3. The van der Waals surface area contributed by atoms with E-state index in [-0.39, 0.29) is 152 Å². The third kappa shape index (κ3) is 3700. The van der Waals surface area contributed by atoms with E-state index in [0.717, 1.165) is 0 Å². The first-order valence-corrected chi connectivity index (χ1v) is 4.00. The average molecular weight is 603 g/mol. The van der Waals surface area contributed by atoms with E-state index >= 15 is 0 Å². The van der Waals surface area contributed by atoms with Crippen LogP contribution in [0.2, 0.25) is 0 Å². The van der Waals surface area contributed by atoms with Crippen LogP contribution in [-0.2, 0) is 70.7 Å². The van der Waals surface area contributed by atoms with E-state index < -0.39 is 20.8 Å². The Morgan fingerprint density at radius 1 is 0.417 bits per heavy atom. The van der Waals surface area contributed by atoms with Gasteiger partial charge < -0.3 is 83.9 Å². The van der Waals surface area contributed by atoms with Crippen LogP contribution < -0.4 is 68.9 Å². The first kappa shape index (κ1) is 165. The normalized spacial score (nSPS) is 4.83. The van der Waals surface area contributed by atoms with E-state index in [1.807, 2.05) is 0 Å². The molecule has 0 saturated carbocycles. The Balaban J connectivity index is -0.00000000241. The molecular formula is H30CsFeO20S2+6.